The van der Waals surface area contributed by atoms with Crippen LogP contribution in [0.15, 0.2) is 53.5 Å². The third-order valence-corrected chi connectivity index (χ3v) is 4.76. The first kappa shape index (κ1) is 19.7. The molecule has 0 bridgehead atoms. The largest absolute Gasteiger partial charge is 0.368 e. The van der Waals surface area contributed by atoms with Gasteiger partial charge in [-0.05, 0) is 48.9 Å². The lowest BCUT2D eigenvalue weighted by atomic mass is 10.1. The van der Waals surface area contributed by atoms with Crippen LogP contribution in [-0.2, 0) is 6.54 Å². The van der Waals surface area contributed by atoms with E-state index in [2.05, 4.69) is 15.1 Å². The molecule has 1 aliphatic heterocycles. The van der Waals surface area contributed by atoms with Gasteiger partial charge in [-0.25, -0.2) is 9.38 Å². The Morgan fingerprint density at radius 1 is 1.07 bits per heavy atom. The molecule has 1 aliphatic rings. The fourth-order valence-corrected chi connectivity index (χ4v) is 3.19. The van der Waals surface area contributed by atoms with Crippen molar-refractivity contribution in [2.75, 3.05) is 37.6 Å². The van der Waals surface area contributed by atoms with Crippen LogP contribution in [0.25, 0.3) is 0 Å². The van der Waals surface area contributed by atoms with Gasteiger partial charge in [0.05, 0.1) is 6.54 Å². The van der Waals surface area contributed by atoms with E-state index in [9.17, 15) is 9.18 Å². The van der Waals surface area contributed by atoms with E-state index < -0.39 is 5.91 Å². The molecule has 0 aliphatic carbocycles. The first-order valence-electron chi connectivity index (χ1n) is 9.49. The molecule has 6 nitrogen and oxygen atoms in total. The van der Waals surface area contributed by atoms with Crippen molar-refractivity contribution in [3.05, 3.63) is 65.5 Å². The zero-order valence-corrected chi connectivity index (χ0v) is 16.1. The van der Waals surface area contributed by atoms with Crippen LogP contribution < -0.4 is 16.0 Å². The molecular formula is C21H26FN5O. The summed E-state index contributed by atoms with van der Waals surface area (Å²) in [5.41, 5.74) is 7.83. The van der Waals surface area contributed by atoms with Crippen LogP contribution in [0.1, 0.15) is 22.8 Å². The van der Waals surface area contributed by atoms with Gasteiger partial charge in [0.2, 0.25) is 5.91 Å². The minimum atomic E-state index is -0.428. The van der Waals surface area contributed by atoms with Crippen LogP contribution in [0, 0.1) is 5.82 Å². The maximum atomic E-state index is 13.1. The van der Waals surface area contributed by atoms with Gasteiger partial charge in [-0.2, -0.15) is 0 Å². The van der Waals surface area contributed by atoms with Gasteiger partial charge < -0.3 is 20.9 Å². The van der Waals surface area contributed by atoms with Crippen LogP contribution in [0.5, 0.6) is 0 Å². The predicted octanol–water partition coefficient (Wildman–Crippen LogP) is 2.21. The van der Waals surface area contributed by atoms with Gasteiger partial charge in [0.15, 0.2) is 5.96 Å². The second-order valence-electron chi connectivity index (χ2n) is 6.68. The summed E-state index contributed by atoms with van der Waals surface area (Å²) in [6, 6.07) is 13.8. The Morgan fingerprint density at radius 3 is 2.29 bits per heavy atom. The number of anilines is 1. The monoisotopic (exact) mass is 383 g/mol. The number of carbonyl (C=O) groups excluding carboxylic acids is 1. The Kier molecular flexibility index (Phi) is 6.47. The molecule has 0 unspecified atom stereocenters. The number of hydrogen-bond acceptors (Lipinski definition) is 3. The van der Waals surface area contributed by atoms with Gasteiger partial charge in [0.1, 0.15) is 5.82 Å². The molecule has 2 aromatic rings. The van der Waals surface area contributed by atoms with E-state index in [1.807, 2.05) is 31.2 Å². The summed E-state index contributed by atoms with van der Waals surface area (Å²) in [7, 11) is 0. The highest BCUT2D eigenvalue weighted by molar-refractivity contribution is 5.92. The zero-order chi connectivity index (χ0) is 19.9. The van der Waals surface area contributed by atoms with Crippen LogP contribution in [-0.4, -0.2) is 49.5 Å². The van der Waals surface area contributed by atoms with Gasteiger partial charge >= 0.3 is 0 Å². The number of nitrogens with two attached hydrogens (primary N) is 1. The Balaban J connectivity index is 1.61. The van der Waals surface area contributed by atoms with Crippen molar-refractivity contribution >= 4 is 17.6 Å². The SMILES string of the molecule is CCNC(=NCc1ccc(C(N)=O)cc1)N1CCN(c2ccc(F)cc2)CC1. The van der Waals surface area contributed by atoms with Crippen LogP contribution in [0.2, 0.25) is 0 Å². The normalized spacial score (nSPS) is 14.9. The number of amides is 1. The van der Waals surface area contributed by atoms with E-state index in [1.165, 1.54) is 12.1 Å². The van der Waals surface area contributed by atoms with Gasteiger partial charge in [-0.15, -0.1) is 0 Å². The fourth-order valence-electron chi connectivity index (χ4n) is 3.19. The van der Waals surface area contributed by atoms with Crippen LogP contribution in [0.4, 0.5) is 10.1 Å². The second-order valence-corrected chi connectivity index (χ2v) is 6.68. The van der Waals surface area contributed by atoms with Crippen molar-refractivity contribution in [3.8, 4) is 0 Å². The van der Waals surface area contributed by atoms with Gasteiger partial charge in [0.25, 0.3) is 0 Å². The summed E-state index contributed by atoms with van der Waals surface area (Å²) in [4.78, 5) is 20.4. The van der Waals surface area contributed by atoms with Crippen molar-refractivity contribution in [1.82, 2.24) is 10.2 Å². The summed E-state index contributed by atoms with van der Waals surface area (Å²) in [6.45, 7) is 6.74. The Hall–Kier alpha value is -3.09. The standard InChI is InChI=1S/C21H26FN5O/c1-2-24-21(25-15-16-3-5-17(6-4-16)20(23)28)27-13-11-26(12-14-27)19-9-7-18(22)8-10-19/h3-10H,2,11-15H2,1H3,(H2,23,28)(H,24,25). The molecule has 7 heteroatoms. The average molecular weight is 383 g/mol. The van der Waals surface area contributed by atoms with E-state index in [0.29, 0.717) is 12.1 Å². The van der Waals surface area contributed by atoms with Crippen molar-refractivity contribution in [2.24, 2.45) is 10.7 Å². The molecule has 2 aromatic carbocycles. The molecule has 1 heterocycles. The molecule has 0 radical (unpaired) electrons. The molecule has 148 valence electrons. The van der Waals surface area contributed by atoms with Crippen molar-refractivity contribution in [2.45, 2.75) is 13.5 Å². The molecule has 0 spiro atoms. The number of hydrogen-bond donors (Lipinski definition) is 2. The van der Waals surface area contributed by atoms with Crippen LogP contribution in [0.3, 0.4) is 0 Å². The van der Waals surface area contributed by atoms with E-state index in [4.69, 9.17) is 10.7 Å². The second kappa shape index (κ2) is 9.21. The van der Waals surface area contributed by atoms with Gasteiger partial charge in [-0.3, -0.25) is 4.79 Å². The van der Waals surface area contributed by atoms with E-state index in [-0.39, 0.29) is 5.82 Å². The van der Waals surface area contributed by atoms with Crippen LogP contribution >= 0.6 is 0 Å². The quantitative estimate of drug-likeness (QED) is 0.613. The average Bonchev–Trinajstić information content (AvgIpc) is 2.72. The molecule has 0 atom stereocenters. The molecule has 3 N–H and O–H groups in total. The van der Waals surface area contributed by atoms with Gasteiger partial charge in [-0.1, -0.05) is 12.1 Å². The Morgan fingerprint density at radius 2 is 1.71 bits per heavy atom. The lowest BCUT2D eigenvalue weighted by Crippen LogP contribution is -2.52. The highest BCUT2D eigenvalue weighted by Crippen LogP contribution is 2.17. The number of halogens is 1. The Bertz CT molecular complexity index is 812. The van der Waals surface area contributed by atoms with Crippen molar-refractivity contribution < 1.29 is 9.18 Å². The number of guanidine groups is 1. The molecule has 0 saturated carbocycles. The highest BCUT2D eigenvalue weighted by Gasteiger charge is 2.19. The summed E-state index contributed by atoms with van der Waals surface area (Å²) >= 11 is 0. The molecule has 1 amide bonds. The number of aliphatic imine (C=N–C) groups is 1. The molecule has 28 heavy (non-hydrogen) atoms. The van der Waals surface area contributed by atoms with E-state index in [0.717, 1.165) is 49.9 Å². The summed E-state index contributed by atoms with van der Waals surface area (Å²) in [5, 5.41) is 3.35. The highest BCUT2D eigenvalue weighted by atomic mass is 19.1. The molecule has 1 saturated heterocycles. The maximum Gasteiger partial charge on any atom is 0.248 e. The first-order valence-corrected chi connectivity index (χ1v) is 9.49. The smallest absolute Gasteiger partial charge is 0.248 e. The third kappa shape index (κ3) is 5.00. The molecule has 1 fully saturated rings. The molecular weight excluding hydrogens is 357 g/mol. The first-order chi connectivity index (χ1) is 13.6. The predicted molar refractivity (Wildman–Crippen MR) is 110 cm³/mol. The number of piperazine rings is 1. The van der Waals surface area contributed by atoms with Crippen molar-refractivity contribution in [1.29, 1.82) is 0 Å². The third-order valence-electron chi connectivity index (χ3n) is 4.76. The topological polar surface area (TPSA) is 74.0 Å². The summed E-state index contributed by atoms with van der Waals surface area (Å²) in [6.07, 6.45) is 0. The fraction of sp³-hybridized carbons (Fsp3) is 0.333. The molecule has 3 rings (SSSR count). The number of benzene rings is 2. The van der Waals surface area contributed by atoms with E-state index in [1.54, 1.807) is 12.1 Å². The minimum Gasteiger partial charge on any atom is -0.368 e. The Labute approximate surface area is 164 Å². The number of rotatable bonds is 5. The lowest BCUT2D eigenvalue weighted by Gasteiger charge is -2.37. The number of carbonyl (C=O) groups is 1. The molecule has 0 aromatic heterocycles. The zero-order valence-electron chi connectivity index (χ0n) is 16.1. The minimum absolute atomic E-state index is 0.215. The number of nitrogens with zero attached hydrogens (tertiary/aromatic N) is 3. The number of nitrogens with one attached hydrogen (secondary N) is 1. The lowest BCUT2D eigenvalue weighted by molar-refractivity contribution is 0.100. The number of primary amides is 1. The van der Waals surface area contributed by atoms with Crippen molar-refractivity contribution in [3.63, 3.8) is 0 Å². The van der Waals surface area contributed by atoms with Gasteiger partial charge in [0, 0.05) is 44.0 Å². The summed E-state index contributed by atoms with van der Waals surface area (Å²) < 4.78 is 13.1. The summed E-state index contributed by atoms with van der Waals surface area (Å²) in [5.74, 6) is 0.232. The van der Waals surface area contributed by atoms with E-state index >= 15 is 0 Å². The maximum absolute atomic E-state index is 13.1.